The maximum absolute atomic E-state index is 12.7. The zero-order valence-electron chi connectivity index (χ0n) is 16.4. The molecule has 1 aliphatic heterocycles. The minimum atomic E-state index is -3.80. The Kier molecular flexibility index (Phi) is 6.05. The predicted octanol–water partition coefficient (Wildman–Crippen LogP) is 3.40. The number of aryl methyl sites for hydroxylation is 2. The summed E-state index contributed by atoms with van der Waals surface area (Å²) in [5, 5.41) is 2.93. The largest absolute Gasteiger partial charge is 0.376 e. The van der Waals surface area contributed by atoms with Crippen LogP contribution in [-0.4, -0.2) is 33.1 Å². The minimum absolute atomic E-state index is 0.000578. The molecular weight excluding hydrogens is 376 g/mol. The molecular formula is C21H26N2O4S. The van der Waals surface area contributed by atoms with Crippen molar-refractivity contribution >= 4 is 21.6 Å². The van der Waals surface area contributed by atoms with Crippen LogP contribution in [0.25, 0.3) is 0 Å². The second-order valence-electron chi connectivity index (χ2n) is 7.26. The highest BCUT2D eigenvalue weighted by Gasteiger charge is 2.25. The molecule has 2 N–H and O–H groups in total. The molecule has 1 saturated heterocycles. The molecule has 0 spiro atoms. The monoisotopic (exact) mass is 402 g/mol. The summed E-state index contributed by atoms with van der Waals surface area (Å²) in [6.07, 6.45) is 1.90. The van der Waals surface area contributed by atoms with Crippen molar-refractivity contribution < 1.29 is 17.9 Å². The predicted molar refractivity (Wildman–Crippen MR) is 109 cm³/mol. The van der Waals surface area contributed by atoms with Crippen molar-refractivity contribution in [3.8, 4) is 0 Å². The highest BCUT2D eigenvalue weighted by molar-refractivity contribution is 7.92. The number of nitrogens with one attached hydrogen (secondary N) is 2. The van der Waals surface area contributed by atoms with Gasteiger partial charge in [-0.2, -0.15) is 0 Å². The third kappa shape index (κ3) is 4.72. The molecule has 0 aromatic heterocycles. The molecule has 0 saturated carbocycles. The molecule has 150 valence electrons. The minimum Gasteiger partial charge on any atom is -0.376 e. The molecule has 1 fully saturated rings. The van der Waals surface area contributed by atoms with E-state index in [1.807, 2.05) is 26.0 Å². The van der Waals surface area contributed by atoms with E-state index >= 15 is 0 Å². The summed E-state index contributed by atoms with van der Waals surface area (Å²) in [6.45, 7) is 6.33. The van der Waals surface area contributed by atoms with Crippen molar-refractivity contribution in [3.63, 3.8) is 0 Å². The first-order chi connectivity index (χ1) is 13.3. The zero-order chi connectivity index (χ0) is 20.3. The summed E-state index contributed by atoms with van der Waals surface area (Å²) in [6, 6.07) is 11.5. The summed E-state index contributed by atoms with van der Waals surface area (Å²) < 4.78 is 33.6. The van der Waals surface area contributed by atoms with Crippen molar-refractivity contribution in [1.82, 2.24) is 5.32 Å². The Bertz CT molecular complexity index is 949. The smallest absolute Gasteiger partial charge is 0.261 e. The molecule has 0 radical (unpaired) electrons. The summed E-state index contributed by atoms with van der Waals surface area (Å²) in [5.41, 5.74) is 2.57. The van der Waals surface area contributed by atoms with Gasteiger partial charge in [0.2, 0.25) is 0 Å². The van der Waals surface area contributed by atoms with E-state index < -0.39 is 10.0 Å². The van der Waals surface area contributed by atoms with E-state index in [1.165, 1.54) is 12.1 Å². The quantitative estimate of drug-likeness (QED) is 0.776. The van der Waals surface area contributed by atoms with Gasteiger partial charge in [0.25, 0.3) is 15.9 Å². The van der Waals surface area contributed by atoms with Gasteiger partial charge in [0.15, 0.2) is 0 Å². The van der Waals surface area contributed by atoms with Crippen molar-refractivity contribution in [2.75, 3.05) is 11.3 Å². The van der Waals surface area contributed by atoms with Crippen LogP contribution in [0.5, 0.6) is 0 Å². The highest BCUT2D eigenvalue weighted by atomic mass is 32.2. The number of hydrogen-bond acceptors (Lipinski definition) is 4. The first-order valence-corrected chi connectivity index (χ1v) is 10.9. The molecule has 7 heteroatoms. The Morgan fingerprint density at radius 1 is 1.14 bits per heavy atom. The molecule has 1 heterocycles. The van der Waals surface area contributed by atoms with Gasteiger partial charge in [0.05, 0.1) is 17.0 Å². The van der Waals surface area contributed by atoms with Crippen LogP contribution >= 0.6 is 0 Å². The first-order valence-electron chi connectivity index (χ1n) is 9.39. The molecule has 2 aromatic rings. The van der Waals surface area contributed by atoms with Crippen LogP contribution in [0, 0.1) is 13.8 Å². The van der Waals surface area contributed by atoms with Crippen LogP contribution in [0.3, 0.4) is 0 Å². The Hall–Kier alpha value is -2.38. The van der Waals surface area contributed by atoms with Gasteiger partial charge in [-0.1, -0.05) is 23.8 Å². The van der Waals surface area contributed by atoms with Gasteiger partial charge in [-0.3, -0.25) is 9.52 Å². The molecule has 1 aliphatic rings. The third-order valence-electron chi connectivity index (χ3n) is 4.95. The number of ether oxygens (including phenoxy) is 1. The van der Waals surface area contributed by atoms with E-state index in [9.17, 15) is 13.2 Å². The molecule has 1 amide bonds. The maximum atomic E-state index is 12.7. The Balaban J connectivity index is 1.79. The fourth-order valence-electron chi connectivity index (χ4n) is 3.22. The normalized spacial score (nSPS) is 17.9. The van der Waals surface area contributed by atoms with Crippen molar-refractivity contribution in [1.29, 1.82) is 0 Å². The molecule has 6 nitrogen and oxygen atoms in total. The van der Waals surface area contributed by atoms with Gasteiger partial charge in [0, 0.05) is 17.9 Å². The van der Waals surface area contributed by atoms with Crippen LogP contribution in [0.2, 0.25) is 0 Å². The number of hydrogen-bond donors (Lipinski definition) is 2. The van der Waals surface area contributed by atoms with Gasteiger partial charge in [0.1, 0.15) is 0 Å². The average Bonchev–Trinajstić information content (AvgIpc) is 3.18. The second kappa shape index (κ2) is 8.32. The Morgan fingerprint density at radius 2 is 1.86 bits per heavy atom. The number of sulfonamides is 1. The zero-order valence-corrected chi connectivity index (χ0v) is 17.2. The fraction of sp³-hybridized carbons (Fsp3) is 0.381. The molecule has 28 heavy (non-hydrogen) atoms. The van der Waals surface area contributed by atoms with E-state index in [-0.39, 0.29) is 22.9 Å². The first kappa shape index (κ1) is 20.4. The van der Waals surface area contributed by atoms with E-state index in [1.54, 1.807) is 25.1 Å². The van der Waals surface area contributed by atoms with Crippen LogP contribution < -0.4 is 10.0 Å². The van der Waals surface area contributed by atoms with Crippen LogP contribution in [-0.2, 0) is 14.8 Å². The SMILES string of the molecule is Cc1ccc(NS(=O)(=O)c2ccc(C)c(C(=O)N[C@H](C)[C@H]3CCCO3)c2)cc1. The lowest BCUT2D eigenvalue weighted by Gasteiger charge is -2.20. The van der Waals surface area contributed by atoms with Gasteiger partial charge in [-0.05, 0) is 63.4 Å². The van der Waals surface area contributed by atoms with E-state index in [2.05, 4.69) is 10.0 Å². The number of amides is 1. The average molecular weight is 403 g/mol. The number of benzene rings is 2. The number of rotatable bonds is 6. The lowest BCUT2D eigenvalue weighted by Crippen LogP contribution is -2.41. The molecule has 2 atom stereocenters. The van der Waals surface area contributed by atoms with E-state index in [4.69, 9.17) is 4.74 Å². The van der Waals surface area contributed by atoms with Crippen molar-refractivity contribution in [3.05, 3.63) is 59.2 Å². The number of carbonyl (C=O) groups excluding carboxylic acids is 1. The van der Waals surface area contributed by atoms with Crippen molar-refractivity contribution in [2.24, 2.45) is 0 Å². The second-order valence-corrected chi connectivity index (χ2v) is 8.94. The molecule has 0 aliphatic carbocycles. The van der Waals surface area contributed by atoms with Gasteiger partial charge < -0.3 is 10.1 Å². The molecule has 2 aromatic carbocycles. The summed E-state index contributed by atoms with van der Waals surface area (Å²) in [7, 11) is -3.80. The molecule has 0 unspecified atom stereocenters. The van der Waals surface area contributed by atoms with Gasteiger partial charge in [-0.15, -0.1) is 0 Å². The maximum Gasteiger partial charge on any atom is 0.261 e. The summed E-state index contributed by atoms with van der Waals surface area (Å²) in [4.78, 5) is 12.8. The summed E-state index contributed by atoms with van der Waals surface area (Å²) >= 11 is 0. The Labute approximate surface area is 166 Å². The third-order valence-corrected chi connectivity index (χ3v) is 6.33. The van der Waals surface area contributed by atoms with E-state index in [0.717, 1.165) is 18.4 Å². The molecule has 0 bridgehead atoms. The Morgan fingerprint density at radius 3 is 2.50 bits per heavy atom. The van der Waals surface area contributed by atoms with Gasteiger partial charge in [-0.25, -0.2) is 8.42 Å². The van der Waals surface area contributed by atoms with Gasteiger partial charge >= 0.3 is 0 Å². The standard InChI is InChI=1S/C21H26N2O4S/c1-14-6-9-17(10-7-14)23-28(25,26)18-11-8-15(2)19(13-18)21(24)22-16(3)20-5-4-12-27-20/h6-11,13,16,20,23H,4-5,12H2,1-3H3,(H,22,24)/t16-,20-/m1/s1. The van der Waals surface area contributed by atoms with Crippen LogP contribution in [0.1, 0.15) is 41.3 Å². The van der Waals surface area contributed by atoms with Crippen LogP contribution in [0.15, 0.2) is 47.4 Å². The summed E-state index contributed by atoms with van der Waals surface area (Å²) in [5.74, 6) is -0.298. The lowest BCUT2D eigenvalue weighted by atomic mass is 10.1. The number of carbonyl (C=O) groups is 1. The van der Waals surface area contributed by atoms with Crippen molar-refractivity contribution in [2.45, 2.75) is 50.7 Å². The fourth-order valence-corrected chi connectivity index (χ4v) is 4.31. The van der Waals surface area contributed by atoms with Crippen LogP contribution in [0.4, 0.5) is 5.69 Å². The van der Waals surface area contributed by atoms with E-state index in [0.29, 0.717) is 23.4 Å². The number of anilines is 1. The molecule has 3 rings (SSSR count). The lowest BCUT2D eigenvalue weighted by molar-refractivity contribution is 0.0712. The highest BCUT2D eigenvalue weighted by Crippen LogP contribution is 2.21. The topological polar surface area (TPSA) is 84.5 Å².